The summed E-state index contributed by atoms with van der Waals surface area (Å²) in [5.74, 6) is 0.495. The summed E-state index contributed by atoms with van der Waals surface area (Å²) in [6, 6.07) is 10.0. The number of hydrogen-bond acceptors (Lipinski definition) is 2. The molecule has 0 aliphatic rings. The Labute approximate surface area is 101 Å². The highest BCUT2D eigenvalue weighted by Crippen LogP contribution is 2.17. The van der Waals surface area contributed by atoms with Crippen molar-refractivity contribution in [2.45, 2.75) is 26.3 Å². The lowest BCUT2D eigenvalue weighted by Crippen LogP contribution is -2.22. The zero-order valence-electron chi connectivity index (χ0n) is 10.4. The van der Waals surface area contributed by atoms with Crippen LogP contribution in [-0.4, -0.2) is 16.4 Å². The van der Waals surface area contributed by atoms with Crippen LogP contribution in [0.2, 0.25) is 0 Å². The number of aliphatic imine (C=N–C) groups is 1. The van der Waals surface area contributed by atoms with Crippen molar-refractivity contribution in [2.75, 3.05) is 0 Å². The zero-order valence-corrected chi connectivity index (χ0v) is 10.4. The first-order valence-electron chi connectivity index (χ1n) is 5.67. The fourth-order valence-electron chi connectivity index (χ4n) is 1.74. The van der Waals surface area contributed by atoms with E-state index in [1.807, 2.05) is 51.1 Å². The topological polar surface area (TPSA) is 51.3 Å². The average Bonchev–Trinajstić information content (AvgIpc) is 2.26. The molecule has 1 aromatic carbocycles. The van der Waals surface area contributed by atoms with Crippen molar-refractivity contribution >= 4 is 16.6 Å². The van der Waals surface area contributed by atoms with Gasteiger partial charge in [-0.1, -0.05) is 24.3 Å². The minimum atomic E-state index is -0.192. The summed E-state index contributed by atoms with van der Waals surface area (Å²) in [7, 11) is 0. The highest BCUT2D eigenvalue weighted by molar-refractivity contribution is 6.07. The van der Waals surface area contributed by atoms with Crippen molar-refractivity contribution in [3.8, 4) is 0 Å². The SMILES string of the molecule is CC(C)(C)N=C(N)c1nccc2ccccc12. The van der Waals surface area contributed by atoms with Gasteiger partial charge in [0.1, 0.15) is 11.5 Å². The summed E-state index contributed by atoms with van der Waals surface area (Å²) in [5.41, 5.74) is 6.61. The molecule has 0 unspecified atom stereocenters. The van der Waals surface area contributed by atoms with Crippen LogP contribution >= 0.6 is 0 Å². The minimum absolute atomic E-state index is 0.192. The van der Waals surface area contributed by atoms with Crippen LogP contribution in [0.15, 0.2) is 41.5 Å². The van der Waals surface area contributed by atoms with Crippen molar-refractivity contribution in [2.24, 2.45) is 10.7 Å². The van der Waals surface area contributed by atoms with Gasteiger partial charge in [-0.3, -0.25) is 9.98 Å². The van der Waals surface area contributed by atoms with Crippen LogP contribution < -0.4 is 5.73 Å². The molecule has 0 bridgehead atoms. The second-order valence-corrected chi connectivity index (χ2v) is 5.05. The van der Waals surface area contributed by atoms with Gasteiger partial charge in [0.2, 0.25) is 0 Å². The van der Waals surface area contributed by atoms with Gasteiger partial charge in [0, 0.05) is 11.6 Å². The molecule has 0 radical (unpaired) electrons. The third-order valence-corrected chi connectivity index (χ3v) is 2.37. The van der Waals surface area contributed by atoms with Gasteiger partial charge >= 0.3 is 0 Å². The molecule has 0 atom stereocenters. The Morgan fingerprint density at radius 2 is 1.88 bits per heavy atom. The molecule has 0 amide bonds. The monoisotopic (exact) mass is 227 g/mol. The lowest BCUT2D eigenvalue weighted by molar-refractivity contribution is 0.583. The van der Waals surface area contributed by atoms with E-state index in [0.717, 1.165) is 16.5 Å². The molecule has 1 aromatic heterocycles. The summed E-state index contributed by atoms with van der Waals surface area (Å²) in [6.07, 6.45) is 1.77. The largest absolute Gasteiger partial charge is 0.382 e. The first-order valence-corrected chi connectivity index (χ1v) is 5.67. The molecule has 17 heavy (non-hydrogen) atoms. The van der Waals surface area contributed by atoms with Gasteiger partial charge in [-0.05, 0) is 32.2 Å². The highest BCUT2D eigenvalue weighted by atomic mass is 14.9. The number of pyridine rings is 1. The second kappa shape index (κ2) is 4.17. The maximum absolute atomic E-state index is 6.03. The third kappa shape index (κ3) is 2.61. The zero-order chi connectivity index (χ0) is 12.5. The van der Waals surface area contributed by atoms with Gasteiger partial charge in [-0.25, -0.2) is 0 Å². The van der Waals surface area contributed by atoms with Gasteiger partial charge in [-0.15, -0.1) is 0 Å². The molecular weight excluding hydrogens is 210 g/mol. The second-order valence-electron chi connectivity index (χ2n) is 5.05. The Bertz CT molecular complexity index is 560. The number of fused-ring (bicyclic) bond motifs is 1. The van der Waals surface area contributed by atoms with Crippen LogP contribution in [0.25, 0.3) is 10.8 Å². The van der Waals surface area contributed by atoms with Crippen LogP contribution in [-0.2, 0) is 0 Å². The van der Waals surface area contributed by atoms with Gasteiger partial charge < -0.3 is 5.73 Å². The molecule has 0 aliphatic heterocycles. The molecule has 0 aliphatic carbocycles. The molecule has 2 aromatic rings. The van der Waals surface area contributed by atoms with Crippen LogP contribution in [0.4, 0.5) is 0 Å². The van der Waals surface area contributed by atoms with Crippen molar-refractivity contribution in [1.29, 1.82) is 0 Å². The third-order valence-electron chi connectivity index (χ3n) is 2.37. The van der Waals surface area contributed by atoms with Crippen LogP contribution in [0.3, 0.4) is 0 Å². The lowest BCUT2D eigenvalue weighted by atomic mass is 10.1. The van der Waals surface area contributed by atoms with Gasteiger partial charge in [0.15, 0.2) is 0 Å². The van der Waals surface area contributed by atoms with E-state index in [4.69, 9.17) is 5.73 Å². The van der Waals surface area contributed by atoms with E-state index in [9.17, 15) is 0 Å². The van der Waals surface area contributed by atoms with Crippen LogP contribution in [0, 0.1) is 0 Å². The molecular formula is C14H17N3. The predicted octanol–water partition coefficient (Wildman–Crippen LogP) is 2.74. The summed E-state index contributed by atoms with van der Waals surface area (Å²) in [4.78, 5) is 8.80. The maximum atomic E-state index is 6.03. The molecule has 88 valence electrons. The normalized spacial score (nSPS) is 13.0. The molecule has 2 N–H and O–H groups in total. The molecule has 2 rings (SSSR count). The Balaban J connectivity index is 2.60. The van der Waals surface area contributed by atoms with Gasteiger partial charge in [0.05, 0.1) is 5.54 Å². The number of hydrogen-bond donors (Lipinski definition) is 1. The van der Waals surface area contributed by atoms with E-state index in [-0.39, 0.29) is 5.54 Å². The smallest absolute Gasteiger partial charge is 0.145 e. The summed E-state index contributed by atoms with van der Waals surface area (Å²) >= 11 is 0. The number of nitrogens with zero attached hydrogens (tertiary/aromatic N) is 2. The Hall–Kier alpha value is -1.90. The summed E-state index contributed by atoms with van der Waals surface area (Å²) in [5, 5.41) is 2.17. The van der Waals surface area contributed by atoms with Gasteiger partial charge in [-0.2, -0.15) is 0 Å². The van der Waals surface area contributed by atoms with E-state index in [1.54, 1.807) is 6.20 Å². The number of amidine groups is 1. The van der Waals surface area contributed by atoms with Crippen LogP contribution in [0.5, 0.6) is 0 Å². The van der Waals surface area contributed by atoms with E-state index in [2.05, 4.69) is 9.98 Å². The predicted molar refractivity (Wildman–Crippen MR) is 72.2 cm³/mol. The lowest BCUT2D eigenvalue weighted by Gasteiger charge is -2.14. The maximum Gasteiger partial charge on any atom is 0.145 e. The molecule has 0 fully saturated rings. The molecule has 0 saturated carbocycles. The quantitative estimate of drug-likeness (QED) is 0.601. The summed E-state index contributed by atoms with van der Waals surface area (Å²) < 4.78 is 0. The number of benzene rings is 1. The van der Waals surface area contributed by atoms with Crippen LogP contribution in [0.1, 0.15) is 26.5 Å². The molecule has 0 saturated heterocycles. The molecule has 0 spiro atoms. The Morgan fingerprint density at radius 3 is 2.59 bits per heavy atom. The minimum Gasteiger partial charge on any atom is -0.382 e. The Morgan fingerprint density at radius 1 is 1.18 bits per heavy atom. The van der Waals surface area contributed by atoms with E-state index < -0.39 is 0 Å². The molecule has 3 heteroatoms. The highest BCUT2D eigenvalue weighted by Gasteiger charge is 2.11. The average molecular weight is 227 g/mol. The van der Waals surface area contributed by atoms with E-state index >= 15 is 0 Å². The summed E-state index contributed by atoms with van der Waals surface area (Å²) in [6.45, 7) is 6.06. The van der Waals surface area contributed by atoms with Crippen molar-refractivity contribution in [3.05, 3.63) is 42.2 Å². The first kappa shape index (κ1) is 11.6. The van der Waals surface area contributed by atoms with E-state index in [1.165, 1.54) is 0 Å². The van der Waals surface area contributed by atoms with Crippen molar-refractivity contribution in [3.63, 3.8) is 0 Å². The number of rotatable bonds is 1. The van der Waals surface area contributed by atoms with Gasteiger partial charge in [0.25, 0.3) is 0 Å². The van der Waals surface area contributed by atoms with E-state index in [0.29, 0.717) is 5.84 Å². The fraction of sp³-hybridized carbons (Fsp3) is 0.286. The van der Waals surface area contributed by atoms with Crippen molar-refractivity contribution in [1.82, 2.24) is 4.98 Å². The standard InChI is InChI=1S/C14H17N3/c1-14(2,3)17-13(15)12-11-7-5-4-6-10(11)8-9-16-12/h4-9H,1-3H3,(H2,15,17). The Kier molecular flexibility index (Phi) is 2.84. The molecule has 3 nitrogen and oxygen atoms in total. The fourth-order valence-corrected chi connectivity index (χ4v) is 1.74. The molecule has 1 heterocycles. The first-order chi connectivity index (χ1) is 7.97. The number of nitrogens with two attached hydrogens (primary N) is 1. The number of aromatic nitrogens is 1. The van der Waals surface area contributed by atoms with Crippen molar-refractivity contribution < 1.29 is 0 Å².